The van der Waals surface area contributed by atoms with Gasteiger partial charge in [-0.1, -0.05) is 11.6 Å². The second-order valence-corrected chi connectivity index (χ2v) is 5.05. The van der Waals surface area contributed by atoms with Crippen molar-refractivity contribution in [1.29, 1.82) is 0 Å². The molecule has 0 radical (unpaired) electrons. The molecular weight excluding hydrogens is 291 g/mol. The lowest BCUT2D eigenvalue weighted by Gasteiger charge is -2.11. The van der Waals surface area contributed by atoms with Gasteiger partial charge in [0, 0.05) is 22.6 Å². The van der Waals surface area contributed by atoms with Crippen molar-refractivity contribution >= 4 is 33.4 Å². The fourth-order valence-electron chi connectivity index (χ4n) is 1.68. The Bertz CT molecular complexity index is 405. The van der Waals surface area contributed by atoms with Crippen LogP contribution in [0.15, 0.2) is 22.7 Å². The molecule has 1 atom stereocenters. The topological polar surface area (TPSA) is 41.1 Å². The van der Waals surface area contributed by atoms with Crippen molar-refractivity contribution in [2.24, 2.45) is 0 Å². The highest BCUT2D eigenvalue weighted by atomic mass is 79.9. The summed E-state index contributed by atoms with van der Waals surface area (Å²) in [6.45, 7) is 1.82. The summed E-state index contributed by atoms with van der Waals surface area (Å²) in [7, 11) is 0. The molecule has 5 heteroatoms. The molecule has 2 N–H and O–H groups in total. The minimum absolute atomic E-state index is 0.0499. The van der Waals surface area contributed by atoms with Gasteiger partial charge in [-0.2, -0.15) is 0 Å². The molecule has 0 bridgehead atoms. The monoisotopic (exact) mass is 302 g/mol. The van der Waals surface area contributed by atoms with Gasteiger partial charge < -0.3 is 10.6 Å². The van der Waals surface area contributed by atoms with Gasteiger partial charge in [-0.15, -0.1) is 0 Å². The molecule has 1 aromatic carbocycles. The SMILES string of the molecule is O=C(NC1CCNC1)c1ccc(Cl)c(Br)c1. The number of hydrogen-bond donors (Lipinski definition) is 2. The Kier molecular flexibility index (Phi) is 3.84. The molecule has 0 spiro atoms. The Morgan fingerprint density at radius 1 is 1.56 bits per heavy atom. The quantitative estimate of drug-likeness (QED) is 0.879. The number of benzene rings is 1. The van der Waals surface area contributed by atoms with Crippen LogP contribution in [0.2, 0.25) is 5.02 Å². The van der Waals surface area contributed by atoms with Gasteiger partial charge in [0.1, 0.15) is 0 Å². The van der Waals surface area contributed by atoms with E-state index < -0.39 is 0 Å². The molecule has 1 heterocycles. The molecule has 1 aliphatic heterocycles. The lowest BCUT2D eigenvalue weighted by Crippen LogP contribution is -2.36. The third-order valence-corrected chi connectivity index (χ3v) is 3.79. The van der Waals surface area contributed by atoms with Crippen molar-refractivity contribution in [3.63, 3.8) is 0 Å². The number of carbonyl (C=O) groups excluding carboxylic acids is 1. The van der Waals surface area contributed by atoms with Crippen molar-refractivity contribution in [3.05, 3.63) is 33.3 Å². The van der Waals surface area contributed by atoms with Crippen LogP contribution in [-0.4, -0.2) is 25.0 Å². The van der Waals surface area contributed by atoms with Gasteiger partial charge in [0.25, 0.3) is 5.91 Å². The number of hydrogen-bond acceptors (Lipinski definition) is 2. The average molecular weight is 304 g/mol. The van der Waals surface area contributed by atoms with Crippen molar-refractivity contribution in [2.75, 3.05) is 13.1 Å². The maximum absolute atomic E-state index is 11.9. The zero-order valence-electron chi connectivity index (χ0n) is 8.59. The van der Waals surface area contributed by atoms with Crippen molar-refractivity contribution < 1.29 is 4.79 Å². The van der Waals surface area contributed by atoms with Gasteiger partial charge >= 0.3 is 0 Å². The fraction of sp³-hybridized carbons (Fsp3) is 0.364. The largest absolute Gasteiger partial charge is 0.348 e. The lowest BCUT2D eigenvalue weighted by atomic mass is 10.2. The van der Waals surface area contributed by atoms with E-state index in [4.69, 9.17) is 11.6 Å². The standard InChI is InChI=1S/C11H12BrClN2O/c12-9-5-7(1-2-10(9)13)11(16)15-8-3-4-14-6-8/h1-2,5,8,14H,3-4,6H2,(H,15,16). The zero-order chi connectivity index (χ0) is 11.5. The zero-order valence-corrected chi connectivity index (χ0v) is 10.9. The summed E-state index contributed by atoms with van der Waals surface area (Å²) in [4.78, 5) is 11.9. The van der Waals surface area contributed by atoms with Gasteiger partial charge in [0.2, 0.25) is 0 Å². The van der Waals surface area contributed by atoms with Gasteiger partial charge in [-0.3, -0.25) is 4.79 Å². The molecule has 1 saturated heterocycles. The Morgan fingerprint density at radius 2 is 2.38 bits per heavy atom. The molecule has 1 aliphatic rings. The number of amides is 1. The predicted octanol–water partition coefficient (Wildman–Crippen LogP) is 2.19. The molecule has 16 heavy (non-hydrogen) atoms. The smallest absolute Gasteiger partial charge is 0.251 e. The van der Waals surface area contributed by atoms with Crippen LogP contribution >= 0.6 is 27.5 Å². The maximum Gasteiger partial charge on any atom is 0.251 e. The minimum Gasteiger partial charge on any atom is -0.348 e. The van der Waals surface area contributed by atoms with E-state index in [1.807, 2.05) is 0 Å². The van der Waals surface area contributed by atoms with Crippen LogP contribution in [0.1, 0.15) is 16.8 Å². The van der Waals surface area contributed by atoms with E-state index in [0.29, 0.717) is 10.6 Å². The van der Waals surface area contributed by atoms with Gasteiger partial charge in [-0.25, -0.2) is 0 Å². The molecule has 2 rings (SSSR count). The first-order chi connectivity index (χ1) is 7.66. The van der Waals surface area contributed by atoms with Crippen LogP contribution < -0.4 is 10.6 Å². The summed E-state index contributed by atoms with van der Waals surface area (Å²) in [5.74, 6) is -0.0499. The van der Waals surface area contributed by atoms with Crippen LogP contribution in [0.25, 0.3) is 0 Å². The first-order valence-electron chi connectivity index (χ1n) is 5.13. The lowest BCUT2D eigenvalue weighted by molar-refractivity contribution is 0.0940. The van der Waals surface area contributed by atoms with E-state index in [9.17, 15) is 4.79 Å². The predicted molar refractivity (Wildman–Crippen MR) is 67.9 cm³/mol. The molecule has 86 valence electrons. The molecule has 3 nitrogen and oxygen atoms in total. The Labute approximate surface area is 108 Å². The summed E-state index contributed by atoms with van der Waals surface area (Å²) in [6, 6.07) is 5.42. The van der Waals surface area contributed by atoms with Gasteiger partial charge in [0.05, 0.1) is 5.02 Å². The fourth-order valence-corrected chi connectivity index (χ4v) is 2.18. The van der Waals surface area contributed by atoms with E-state index in [0.717, 1.165) is 24.0 Å². The number of rotatable bonds is 2. The Balaban J connectivity index is 2.05. The summed E-state index contributed by atoms with van der Waals surface area (Å²) in [5, 5.41) is 6.79. The van der Waals surface area contributed by atoms with E-state index in [1.165, 1.54) is 0 Å². The average Bonchev–Trinajstić information content (AvgIpc) is 2.74. The summed E-state index contributed by atoms with van der Waals surface area (Å²) >= 11 is 9.17. The molecular formula is C11H12BrClN2O. The van der Waals surface area contributed by atoms with Crippen LogP contribution in [0, 0.1) is 0 Å². The third-order valence-electron chi connectivity index (χ3n) is 2.58. The Hall–Kier alpha value is -0.580. The van der Waals surface area contributed by atoms with Crippen molar-refractivity contribution in [2.45, 2.75) is 12.5 Å². The Morgan fingerprint density at radius 3 is 3.00 bits per heavy atom. The van der Waals surface area contributed by atoms with Crippen LogP contribution in [0.4, 0.5) is 0 Å². The maximum atomic E-state index is 11.9. The highest BCUT2D eigenvalue weighted by Crippen LogP contribution is 2.23. The molecule has 1 aromatic rings. The molecule has 0 aliphatic carbocycles. The van der Waals surface area contributed by atoms with E-state index in [2.05, 4.69) is 26.6 Å². The van der Waals surface area contributed by atoms with E-state index in [-0.39, 0.29) is 11.9 Å². The number of nitrogens with one attached hydrogen (secondary N) is 2. The molecule has 0 aromatic heterocycles. The molecule has 1 unspecified atom stereocenters. The van der Waals surface area contributed by atoms with Crippen LogP contribution in [0.3, 0.4) is 0 Å². The van der Waals surface area contributed by atoms with Gasteiger partial charge in [0.15, 0.2) is 0 Å². The van der Waals surface area contributed by atoms with Gasteiger partial charge in [-0.05, 0) is 47.1 Å². The summed E-state index contributed by atoms with van der Waals surface area (Å²) < 4.78 is 0.742. The second-order valence-electron chi connectivity index (χ2n) is 3.79. The third kappa shape index (κ3) is 2.75. The number of halogens is 2. The highest BCUT2D eigenvalue weighted by molar-refractivity contribution is 9.10. The first kappa shape index (κ1) is 11.9. The molecule has 0 saturated carbocycles. The second kappa shape index (κ2) is 5.17. The van der Waals surface area contributed by atoms with E-state index >= 15 is 0 Å². The first-order valence-corrected chi connectivity index (χ1v) is 6.30. The van der Waals surface area contributed by atoms with Crippen LogP contribution in [-0.2, 0) is 0 Å². The highest BCUT2D eigenvalue weighted by Gasteiger charge is 2.17. The normalized spacial score (nSPS) is 19.8. The van der Waals surface area contributed by atoms with Crippen LogP contribution in [0.5, 0.6) is 0 Å². The summed E-state index contributed by atoms with van der Waals surface area (Å²) in [6.07, 6.45) is 0.987. The summed E-state index contributed by atoms with van der Waals surface area (Å²) in [5.41, 5.74) is 0.628. The minimum atomic E-state index is -0.0499. The van der Waals surface area contributed by atoms with E-state index in [1.54, 1.807) is 18.2 Å². The molecule has 1 fully saturated rings. The van der Waals surface area contributed by atoms with Crippen molar-refractivity contribution in [1.82, 2.24) is 10.6 Å². The molecule has 1 amide bonds. The number of carbonyl (C=O) groups is 1. The van der Waals surface area contributed by atoms with Crippen molar-refractivity contribution in [3.8, 4) is 0 Å².